The number of hydrogen-bond donors (Lipinski definition) is 1. The number of aromatic nitrogens is 2. The van der Waals surface area contributed by atoms with Gasteiger partial charge in [0, 0.05) is 44.5 Å². The summed E-state index contributed by atoms with van der Waals surface area (Å²) in [6.07, 6.45) is 3.67. The van der Waals surface area contributed by atoms with E-state index in [1.165, 1.54) is 0 Å². The first-order chi connectivity index (χ1) is 9.10. The van der Waals surface area contributed by atoms with Gasteiger partial charge >= 0.3 is 0 Å². The van der Waals surface area contributed by atoms with Crippen LogP contribution in [0.1, 0.15) is 21.5 Å². The minimum Gasteiger partial charge on any atom is -0.337 e. The first-order valence-electron chi connectivity index (χ1n) is 6.12. The molecule has 0 aliphatic heterocycles. The van der Waals surface area contributed by atoms with Crippen molar-refractivity contribution in [2.24, 2.45) is 12.8 Å². The lowest BCUT2D eigenvalue weighted by Gasteiger charge is -2.16. The van der Waals surface area contributed by atoms with Gasteiger partial charge in [0.2, 0.25) is 0 Å². The highest BCUT2D eigenvalue weighted by Crippen LogP contribution is 2.09. The molecule has 0 saturated carbocycles. The molecule has 0 saturated heterocycles. The molecule has 1 amide bonds. The molecule has 0 bridgehead atoms. The van der Waals surface area contributed by atoms with Crippen LogP contribution in [0.3, 0.4) is 0 Å². The van der Waals surface area contributed by atoms with Gasteiger partial charge in [0.05, 0.1) is 6.20 Å². The van der Waals surface area contributed by atoms with Crippen LogP contribution in [0.25, 0.3) is 0 Å². The van der Waals surface area contributed by atoms with E-state index in [-0.39, 0.29) is 18.3 Å². The SMILES string of the molecule is CN(Cc1cnn(C)c1)C(=O)c1ccc(CN)cc1.Cl. The van der Waals surface area contributed by atoms with Gasteiger partial charge in [-0.3, -0.25) is 9.48 Å². The third kappa shape index (κ3) is 3.82. The highest BCUT2D eigenvalue weighted by Gasteiger charge is 2.12. The Morgan fingerprint density at radius 2 is 1.95 bits per heavy atom. The number of amides is 1. The summed E-state index contributed by atoms with van der Waals surface area (Å²) in [6.45, 7) is 1.03. The van der Waals surface area contributed by atoms with Crippen LogP contribution in [-0.2, 0) is 20.1 Å². The molecule has 0 fully saturated rings. The van der Waals surface area contributed by atoms with Crippen LogP contribution in [0.4, 0.5) is 0 Å². The summed E-state index contributed by atoms with van der Waals surface area (Å²) < 4.78 is 1.73. The van der Waals surface area contributed by atoms with E-state index in [4.69, 9.17) is 5.73 Å². The van der Waals surface area contributed by atoms with Gasteiger partial charge in [0.1, 0.15) is 0 Å². The molecular weight excluding hydrogens is 276 g/mol. The van der Waals surface area contributed by atoms with Crippen molar-refractivity contribution in [2.75, 3.05) is 7.05 Å². The number of halogens is 1. The van der Waals surface area contributed by atoms with E-state index in [1.807, 2.05) is 37.5 Å². The van der Waals surface area contributed by atoms with E-state index in [9.17, 15) is 4.79 Å². The summed E-state index contributed by atoms with van der Waals surface area (Å²) in [5.74, 6) is -0.00701. The average Bonchev–Trinajstić information content (AvgIpc) is 2.83. The second-order valence-corrected chi connectivity index (χ2v) is 4.58. The molecule has 20 heavy (non-hydrogen) atoms. The number of nitrogens with two attached hydrogens (primary N) is 1. The number of aryl methyl sites for hydroxylation is 1. The molecule has 1 aromatic heterocycles. The van der Waals surface area contributed by atoms with Crippen molar-refractivity contribution in [3.8, 4) is 0 Å². The molecule has 108 valence electrons. The number of carbonyl (C=O) groups is 1. The van der Waals surface area contributed by atoms with Crippen LogP contribution in [0.5, 0.6) is 0 Å². The fourth-order valence-corrected chi connectivity index (χ4v) is 1.90. The highest BCUT2D eigenvalue weighted by molar-refractivity contribution is 5.94. The molecule has 6 heteroatoms. The van der Waals surface area contributed by atoms with Gasteiger partial charge in [-0.2, -0.15) is 5.10 Å². The molecule has 2 N–H and O–H groups in total. The molecule has 2 aromatic rings. The minimum atomic E-state index is -0.00701. The van der Waals surface area contributed by atoms with Gasteiger partial charge in [-0.25, -0.2) is 0 Å². The quantitative estimate of drug-likeness (QED) is 0.931. The van der Waals surface area contributed by atoms with Crippen LogP contribution in [0.15, 0.2) is 36.7 Å². The van der Waals surface area contributed by atoms with Gasteiger partial charge in [-0.1, -0.05) is 12.1 Å². The maximum Gasteiger partial charge on any atom is 0.253 e. The van der Waals surface area contributed by atoms with Gasteiger partial charge in [-0.15, -0.1) is 12.4 Å². The van der Waals surface area contributed by atoms with Gasteiger partial charge in [0.15, 0.2) is 0 Å². The summed E-state index contributed by atoms with van der Waals surface area (Å²) in [7, 11) is 3.64. The van der Waals surface area contributed by atoms with E-state index < -0.39 is 0 Å². The summed E-state index contributed by atoms with van der Waals surface area (Å²) in [4.78, 5) is 13.9. The van der Waals surface area contributed by atoms with Crippen LogP contribution in [0, 0.1) is 0 Å². The Morgan fingerprint density at radius 1 is 1.30 bits per heavy atom. The minimum absolute atomic E-state index is 0. The lowest BCUT2D eigenvalue weighted by molar-refractivity contribution is 0.0785. The van der Waals surface area contributed by atoms with Crippen LogP contribution in [-0.4, -0.2) is 27.6 Å². The van der Waals surface area contributed by atoms with Crippen LogP contribution >= 0.6 is 12.4 Å². The first-order valence-corrected chi connectivity index (χ1v) is 6.12. The van der Waals surface area contributed by atoms with E-state index in [0.29, 0.717) is 18.7 Å². The Morgan fingerprint density at radius 3 is 2.45 bits per heavy atom. The molecule has 5 nitrogen and oxygen atoms in total. The first kappa shape index (κ1) is 16.2. The Bertz CT molecular complexity index is 565. The summed E-state index contributed by atoms with van der Waals surface area (Å²) in [5.41, 5.74) is 8.24. The molecular formula is C14H19ClN4O. The molecule has 1 aromatic carbocycles. The monoisotopic (exact) mass is 294 g/mol. The molecule has 2 rings (SSSR count). The molecule has 0 atom stereocenters. The zero-order valence-corrected chi connectivity index (χ0v) is 12.4. The Kier molecular flexibility index (Phi) is 5.73. The fourth-order valence-electron chi connectivity index (χ4n) is 1.90. The predicted octanol–water partition coefficient (Wildman–Crippen LogP) is 1.57. The topological polar surface area (TPSA) is 64.2 Å². The Balaban J connectivity index is 0.00000200. The maximum absolute atomic E-state index is 12.2. The molecule has 0 radical (unpaired) electrons. The predicted molar refractivity (Wildman–Crippen MR) is 80.6 cm³/mol. The lowest BCUT2D eigenvalue weighted by Crippen LogP contribution is -2.26. The molecule has 1 heterocycles. The second kappa shape index (κ2) is 7.07. The lowest BCUT2D eigenvalue weighted by atomic mass is 10.1. The standard InChI is InChI=1S/C14H18N4O.ClH/c1-17(9-12-8-16-18(2)10-12)14(19)13-5-3-11(7-15)4-6-13;/h3-6,8,10H,7,9,15H2,1-2H3;1H. The number of benzene rings is 1. The molecule has 0 spiro atoms. The smallest absolute Gasteiger partial charge is 0.253 e. The van der Waals surface area contributed by atoms with Crippen molar-refractivity contribution in [3.63, 3.8) is 0 Å². The van der Waals surface area contributed by atoms with Crippen LogP contribution in [0.2, 0.25) is 0 Å². The average molecular weight is 295 g/mol. The Hall–Kier alpha value is -1.85. The number of nitrogens with zero attached hydrogens (tertiary/aromatic N) is 3. The largest absolute Gasteiger partial charge is 0.337 e. The van der Waals surface area contributed by atoms with Gasteiger partial charge < -0.3 is 10.6 Å². The maximum atomic E-state index is 12.2. The van der Waals surface area contributed by atoms with Gasteiger partial charge in [-0.05, 0) is 17.7 Å². The third-order valence-corrected chi connectivity index (χ3v) is 2.96. The van der Waals surface area contributed by atoms with Gasteiger partial charge in [0.25, 0.3) is 5.91 Å². The third-order valence-electron chi connectivity index (χ3n) is 2.96. The summed E-state index contributed by atoms with van der Waals surface area (Å²) in [5, 5.41) is 4.09. The zero-order valence-electron chi connectivity index (χ0n) is 11.6. The van der Waals surface area contributed by atoms with E-state index in [0.717, 1.165) is 11.1 Å². The Labute approximate surface area is 124 Å². The fraction of sp³-hybridized carbons (Fsp3) is 0.286. The summed E-state index contributed by atoms with van der Waals surface area (Å²) in [6, 6.07) is 7.38. The highest BCUT2D eigenvalue weighted by atomic mass is 35.5. The van der Waals surface area contributed by atoms with Crippen molar-refractivity contribution in [2.45, 2.75) is 13.1 Å². The number of hydrogen-bond acceptors (Lipinski definition) is 3. The normalized spacial score (nSPS) is 9.95. The number of rotatable bonds is 4. The zero-order chi connectivity index (χ0) is 13.8. The van der Waals surface area contributed by atoms with Crippen LogP contribution < -0.4 is 5.73 Å². The van der Waals surface area contributed by atoms with Crippen molar-refractivity contribution in [3.05, 3.63) is 53.3 Å². The van der Waals surface area contributed by atoms with E-state index in [2.05, 4.69) is 5.10 Å². The molecule has 0 aliphatic carbocycles. The number of carbonyl (C=O) groups excluding carboxylic acids is 1. The van der Waals surface area contributed by atoms with Crippen molar-refractivity contribution >= 4 is 18.3 Å². The van der Waals surface area contributed by atoms with Crippen molar-refractivity contribution in [1.82, 2.24) is 14.7 Å². The molecule has 0 unspecified atom stereocenters. The second-order valence-electron chi connectivity index (χ2n) is 4.58. The van der Waals surface area contributed by atoms with Crippen molar-refractivity contribution < 1.29 is 4.79 Å². The molecule has 0 aliphatic rings. The van der Waals surface area contributed by atoms with Crippen molar-refractivity contribution in [1.29, 1.82) is 0 Å². The van der Waals surface area contributed by atoms with E-state index in [1.54, 1.807) is 22.8 Å². The van der Waals surface area contributed by atoms with E-state index >= 15 is 0 Å². The summed E-state index contributed by atoms with van der Waals surface area (Å²) >= 11 is 0.